The summed E-state index contributed by atoms with van der Waals surface area (Å²) in [4.78, 5) is 24.8. The first-order valence-electron chi connectivity index (χ1n) is 1.64. The van der Waals surface area contributed by atoms with Crippen molar-refractivity contribution in [2.75, 3.05) is 0 Å². The van der Waals surface area contributed by atoms with Crippen LogP contribution in [0.3, 0.4) is 0 Å². The fraction of sp³-hybridized carbons (Fsp3) is 0. The maximum atomic E-state index is 8.25. The fourth-order valence-corrected chi connectivity index (χ4v) is 0. The Morgan fingerprint density at radius 3 is 0.381 bits per heavy atom. The average Bonchev–Trinajstić information content (AvgIpc) is 1.54. The van der Waals surface area contributed by atoms with Crippen LogP contribution >= 0.6 is 0 Å². The average molecular weight is 400 g/mol. The molecule has 0 aromatic heterocycles. The van der Waals surface area contributed by atoms with Crippen molar-refractivity contribution in [3.63, 3.8) is 0 Å². The molecule has 0 atom stereocenters. The Balaban J connectivity index is -0.00000000476. The molecule has 0 saturated heterocycles. The fourth-order valence-electron chi connectivity index (χ4n) is 0. The Hall–Kier alpha value is -2.08. The van der Waals surface area contributed by atoms with E-state index in [0.29, 0.717) is 0 Å². The van der Waals surface area contributed by atoms with E-state index >= 15 is 0 Å². The summed E-state index contributed by atoms with van der Waals surface area (Å²) in [5, 5.41) is 44.2. The van der Waals surface area contributed by atoms with Gasteiger partial charge in [0.1, 0.15) is 0 Å². The SMILES string of the molecule is O.O.O.O.O.O.O.O.O=[N+]([O-])[O-].O=[N+]([O-])[O-].O=[N+]([O-])[O-].[Ga]. The van der Waals surface area contributed by atoms with Crippen molar-refractivity contribution < 1.29 is 59.1 Å². The Labute approximate surface area is 126 Å². The van der Waals surface area contributed by atoms with Gasteiger partial charge in [0, 0.05) is 19.8 Å². The first-order chi connectivity index (χ1) is 5.20. The monoisotopic (exact) mass is 399 g/mol. The summed E-state index contributed by atoms with van der Waals surface area (Å²) < 4.78 is 0. The van der Waals surface area contributed by atoms with Gasteiger partial charge in [0.25, 0.3) is 0 Å². The molecular weight excluding hydrogens is 384 g/mol. The minimum absolute atomic E-state index is 0. The number of hydrogen-bond acceptors (Lipinski definition) is 9. The summed E-state index contributed by atoms with van der Waals surface area (Å²) in [7, 11) is 0. The van der Waals surface area contributed by atoms with Crippen molar-refractivity contribution in [3.8, 4) is 0 Å². The topological polar surface area (TPSA) is 451 Å². The molecular formula is H16GaN3O17-3. The number of nitrogens with zero attached hydrogens (tertiary/aromatic N) is 3. The van der Waals surface area contributed by atoms with Crippen LogP contribution < -0.4 is 0 Å². The van der Waals surface area contributed by atoms with E-state index in [1.807, 2.05) is 0 Å². The van der Waals surface area contributed by atoms with Crippen LogP contribution in [-0.2, 0) is 0 Å². The van der Waals surface area contributed by atoms with E-state index in [4.69, 9.17) is 46.0 Å². The molecule has 0 saturated carbocycles. The van der Waals surface area contributed by atoms with Crippen LogP contribution in [0, 0.1) is 46.0 Å². The first kappa shape index (κ1) is 127. The molecule has 0 aromatic carbocycles. The van der Waals surface area contributed by atoms with Gasteiger partial charge in [0.2, 0.25) is 0 Å². The molecule has 21 heteroatoms. The van der Waals surface area contributed by atoms with Gasteiger partial charge in [0.15, 0.2) is 0 Å². The maximum absolute atomic E-state index is 8.25. The molecule has 0 aliphatic carbocycles. The first-order valence-corrected chi connectivity index (χ1v) is 1.64. The largest absolute Gasteiger partial charge is 0.412 e. The van der Waals surface area contributed by atoms with Gasteiger partial charge in [-0.05, 0) is 0 Å². The zero-order chi connectivity index (χ0) is 10.7. The normalized spacial score (nSPS) is 3.43. The van der Waals surface area contributed by atoms with Crippen LogP contribution in [0.4, 0.5) is 0 Å². The van der Waals surface area contributed by atoms with Gasteiger partial charge in [-0.25, -0.2) is 0 Å². The van der Waals surface area contributed by atoms with Gasteiger partial charge in [-0.1, -0.05) is 0 Å². The van der Waals surface area contributed by atoms with Crippen molar-refractivity contribution in [1.29, 1.82) is 0 Å². The second-order valence-electron chi connectivity index (χ2n) is 0.671. The van der Waals surface area contributed by atoms with Crippen LogP contribution in [0.1, 0.15) is 0 Å². The molecule has 0 amide bonds. The molecule has 0 aliphatic heterocycles. The molecule has 3 radical (unpaired) electrons. The minimum atomic E-state index is -1.75. The quantitative estimate of drug-likeness (QED) is 0.211. The van der Waals surface area contributed by atoms with E-state index in [1.165, 1.54) is 0 Å². The zero-order valence-electron chi connectivity index (χ0n) is 9.59. The molecule has 0 unspecified atom stereocenters. The molecule has 21 heavy (non-hydrogen) atoms. The van der Waals surface area contributed by atoms with Crippen molar-refractivity contribution in [3.05, 3.63) is 46.0 Å². The van der Waals surface area contributed by atoms with E-state index < -0.39 is 15.3 Å². The third-order valence-corrected chi connectivity index (χ3v) is 0. The van der Waals surface area contributed by atoms with Gasteiger partial charge < -0.3 is 89.8 Å². The summed E-state index contributed by atoms with van der Waals surface area (Å²) in [6.07, 6.45) is 0. The minimum Gasteiger partial charge on any atom is -0.412 e. The van der Waals surface area contributed by atoms with Crippen molar-refractivity contribution in [1.82, 2.24) is 0 Å². The molecule has 0 aromatic rings. The van der Waals surface area contributed by atoms with E-state index in [9.17, 15) is 0 Å². The molecule has 139 valence electrons. The summed E-state index contributed by atoms with van der Waals surface area (Å²) in [6.45, 7) is 0. The molecule has 0 bridgehead atoms. The van der Waals surface area contributed by atoms with Crippen molar-refractivity contribution in [2.24, 2.45) is 0 Å². The molecule has 0 spiro atoms. The third-order valence-electron chi connectivity index (χ3n) is 0. The van der Waals surface area contributed by atoms with E-state index in [1.54, 1.807) is 0 Å². The van der Waals surface area contributed by atoms with E-state index in [2.05, 4.69) is 0 Å². The smallest absolute Gasteiger partial charge is 0.0689 e. The van der Waals surface area contributed by atoms with Crippen LogP contribution in [0.5, 0.6) is 0 Å². The molecule has 20 nitrogen and oxygen atoms in total. The second-order valence-corrected chi connectivity index (χ2v) is 0.671. The third kappa shape index (κ3) is 1050. The molecule has 16 N–H and O–H groups in total. The predicted molar refractivity (Wildman–Crippen MR) is 65.7 cm³/mol. The Bertz CT molecular complexity index is 116. The summed E-state index contributed by atoms with van der Waals surface area (Å²) in [5.74, 6) is 0. The number of rotatable bonds is 0. The van der Waals surface area contributed by atoms with Crippen LogP contribution in [0.25, 0.3) is 0 Å². The van der Waals surface area contributed by atoms with Crippen LogP contribution in [0.15, 0.2) is 0 Å². The van der Waals surface area contributed by atoms with Gasteiger partial charge in [-0.15, -0.1) is 0 Å². The maximum Gasteiger partial charge on any atom is 0.0689 e. The molecule has 0 rings (SSSR count). The standard InChI is InChI=1S/Ga.3NO3.8H2O/c;3*2-1(3)4;;;;;;;;/h;;;;8*1H2/q;3*-1;;;;;;;;. The van der Waals surface area contributed by atoms with E-state index in [0.717, 1.165) is 0 Å². The van der Waals surface area contributed by atoms with Gasteiger partial charge in [-0.2, -0.15) is 0 Å². The summed E-state index contributed by atoms with van der Waals surface area (Å²) in [6, 6.07) is 0. The van der Waals surface area contributed by atoms with E-state index in [-0.39, 0.29) is 63.6 Å². The Morgan fingerprint density at radius 2 is 0.381 bits per heavy atom. The Kier molecular flexibility index (Phi) is 648. The van der Waals surface area contributed by atoms with Crippen LogP contribution in [-0.4, -0.2) is 78.9 Å². The van der Waals surface area contributed by atoms with Gasteiger partial charge >= 0.3 is 0 Å². The van der Waals surface area contributed by atoms with Gasteiger partial charge in [-0.3, -0.25) is 0 Å². The summed E-state index contributed by atoms with van der Waals surface area (Å²) >= 11 is 0. The summed E-state index contributed by atoms with van der Waals surface area (Å²) in [5.41, 5.74) is 0. The number of hydrogen-bond donors (Lipinski definition) is 0. The zero-order valence-corrected chi connectivity index (χ0v) is 12.0. The Morgan fingerprint density at radius 1 is 0.381 bits per heavy atom. The van der Waals surface area contributed by atoms with Gasteiger partial charge in [0.05, 0.1) is 15.3 Å². The second kappa shape index (κ2) is 107. The van der Waals surface area contributed by atoms with Crippen molar-refractivity contribution >= 4 is 19.8 Å². The predicted octanol–water partition coefficient (Wildman–Crippen LogP) is -7.70. The van der Waals surface area contributed by atoms with Crippen LogP contribution in [0.2, 0.25) is 0 Å². The van der Waals surface area contributed by atoms with Crippen molar-refractivity contribution in [2.45, 2.75) is 0 Å². The molecule has 0 fully saturated rings. The molecule has 0 heterocycles. The molecule has 0 aliphatic rings.